The minimum absolute atomic E-state index is 0.0205. The molecule has 278 valence electrons. The molecule has 0 radical (unpaired) electrons. The Hall–Kier alpha value is -1.63. The third-order valence-corrected chi connectivity index (χ3v) is 9.42. The monoisotopic (exact) mass is 667 g/mol. The molecule has 1 amide bonds. The Bertz CT molecular complexity index is 717. The molecule has 0 aliphatic carbocycles. The highest BCUT2D eigenvalue weighted by Crippen LogP contribution is 2.19. The summed E-state index contributed by atoms with van der Waals surface area (Å²) >= 11 is 0. The molecule has 0 spiro atoms. The molecule has 7 nitrogen and oxygen atoms in total. The summed E-state index contributed by atoms with van der Waals surface area (Å²) in [4.78, 5) is 36.1. The topological polar surface area (TPSA) is 119 Å². The second-order valence-electron chi connectivity index (χ2n) is 14.1. The highest BCUT2D eigenvalue weighted by molar-refractivity contribution is 5.83. The van der Waals surface area contributed by atoms with E-state index >= 15 is 0 Å². The molecule has 0 bridgehead atoms. The van der Waals surface area contributed by atoms with Crippen molar-refractivity contribution in [2.75, 3.05) is 6.54 Å². The van der Waals surface area contributed by atoms with Gasteiger partial charge in [-0.3, -0.25) is 9.59 Å². The van der Waals surface area contributed by atoms with Crippen molar-refractivity contribution >= 4 is 17.8 Å². The van der Waals surface area contributed by atoms with Crippen LogP contribution in [0.1, 0.15) is 219 Å². The van der Waals surface area contributed by atoms with Gasteiger partial charge in [-0.15, -0.1) is 0 Å². The van der Waals surface area contributed by atoms with Gasteiger partial charge in [0.05, 0.1) is 0 Å². The highest BCUT2D eigenvalue weighted by atomic mass is 16.5. The number of carbonyl (C=O) groups excluding carboxylic acids is 2. The Kier molecular flexibility index (Phi) is 34.4. The van der Waals surface area contributed by atoms with Crippen molar-refractivity contribution in [3.05, 3.63) is 0 Å². The van der Waals surface area contributed by atoms with Crippen molar-refractivity contribution in [3.63, 3.8) is 0 Å². The van der Waals surface area contributed by atoms with E-state index in [4.69, 9.17) is 10.5 Å². The first-order valence-corrected chi connectivity index (χ1v) is 20.4. The van der Waals surface area contributed by atoms with E-state index in [1.807, 2.05) is 0 Å². The van der Waals surface area contributed by atoms with Gasteiger partial charge in [-0.2, -0.15) is 0 Å². The summed E-state index contributed by atoms with van der Waals surface area (Å²) in [5.74, 6) is -1.22. The molecular weight excluding hydrogens is 588 g/mol. The quantitative estimate of drug-likeness (QED) is 0.0448. The normalized spacial score (nSPS) is 12.6. The first-order chi connectivity index (χ1) is 22.9. The Morgan fingerprint density at radius 1 is 0.532 bits per heavy atom. The molecule has 0 aromatic rings. The molecule has 0 aliphatic rings. The summed E-state index contributed by atoms with van der Waals surface area (Å²) in [6.45, 7) is 4.93. The molecule has 0 saturated carbocycles. The molecule has 4 N–H and O–H groups in total. The van der Waals surface area contributed by atoms with Gasteiger partial charge in [-0.25, -0.2) is 4.79 Å². The number of hydrogen-bond acceptors (Lipinski definition) is 5. The van der Waals surface area contributed by atoms with Gasteiger partial charge in [0.1, 0.15) is 12.1 Å². The number of rotatable bonds is 37. The third-order valence-electron chi connectivity index (χ3n) is 9.42. The number of esters is 1. The average molecular weight is 667 g/mol. The standard InChI is InChI=1S/C40H78N2O5/c1-3-5-7-9-11-12-13-14-15-16-17-18-19-24-28-34-39(44)47-36(30-25-21-10-8-6-4-2)31-26-22-20-23-27-33-38(43)42-37(40(45)46)32-29-35-41/h36-37H,3-35,41H2,1-2H3,(H,42,43)(H,45,46). The smallest absolute Gasteiger partial charge is 0.326 e. The predicted octanol–water partition coefficient (Wildman–Crippen LogP) is 10.9. The maximum atomic E-state index is 12.7. The number of nitrogens with two attached hydrogens (primary N) is 1. The number of unbranched alkanes of at least 4 members (excludes halogenated alkanes) is 23. The van der Waals surface area contributed by atoms with E-state index in [1.54, 1.807) is 0 Å². The Balaban J connectivity index is 4.09. The van der Waals surface area contributed by atoms with Gasteiger partial charge in [-0.1, -0.05) is 155 Å². The number of amides is 1. The van der Waals surface area contributed by atoms with E-state index in [0.717, 1.165) is 64.2 Å². The molecular formula is C40H78N2O5. The van der Waals surface area contributed by atoms with Gasteiger partial charge in [-0.05, 0) is 57.9 Å². The Morgan fingerprint density at radius 3 is 1.32 bits per heavy atom. The molecule has 0 aromatic carbocycles. The van der Waals surface area contributed by atoms with Gasteiger partial charge < -0.3 is 20.9 Å². The fourth-order valence-electron chi connectivity index (χ4n) is 6.33. The van der Waals surface area contributed by atoms with Crippen molar-refractivity contribution < 1.29 is 24.2 Å². The van der Waals surface area contributed by atoms with E-state index in [-0.39, 0.29) is 18.0 Å². The lowest BCUT2D eigenvalue weighted by molar-refractivity contribution is -0.150. The SMILES string of the molecule is CCCCCCCCCCCCCCCCCC(=O)OC(CCCCCCCC)CCCCCCCC(=O)NC(CCCN)C(=O)O. The van der Waals surface area contributed by atoms with Gasteiger partial charge in [0.2, 0.25) is 5.91 Å². The molecule has 0 fully saturated rings. The van der Waals surface area contributed by atoms with E-state index in [0.29, 0.717) is 32.2 Å². The number of carbonyl (C=O) groups is 3. The largest absolute Gasteiger partial charge is 0.480 e. The van der Waals surface area contributed by atoms with Crippen LogP contribution in [-0.4, -0.2) is 41.6 Å². The molecule has 47 heavy (non-hydrogen) atoms. The van der Waals surface area contributed by atoms with Crippen LogP contribution in [0.4, 0.5) is 0 Å². The summed E-state index contributed by atoms with van der Waals surface area (Å²) in [6, 6.07) is -0.850. The summed E-state index contributed by atoms with van der Waals surface area (Å²) in [7, 11) is 0. The van der Waals surface area contributed by atoms with E-state index in [2.05, 4.69) is 19.2 Å². The van der Waals surface area contributed by atoms with Crippen LogP contribution in [0.3, 0.4) is 0 Å². The van der Waals surface area contributed by atoms with Crippen molar-refractivity contribution in [1.82, 2.24) is 5.32 Å². The van der Waals surface area contributed by atoms with Gasteiger partial charge in [0.25, 0.3) is 0 Å². The summed E-state index contributed by atoms with van der Waals surface area (Å²) in [5, 5.41) is 11.9. The van der Waals surface area contributed by atoms with Crippen LogP contribution in [-0.2, 0) is 19.1 Å². The van der Waals surface area contributed by atoms with Crippen LogP contribution in [0.5, 0.6) is 0 Å². The minimum Gasteiger partial charge on any atom is -0.480 e. The zero-order valence-electron chi connectivity index (χ0n) is 31.1. The Morgan fingerprint density at radius 2 is 0.915 bits per heavy atom. The maximum Gasteiger partial charge on any atom is 0.326 e. The Labute approximate surface area is 290 Å². The number of carboxylic acids is 1. The molecule has 0 heterocycles. The van der Waals surface area contributed by atoms with Crippen LogP contribution >= 0.6 is 0 Å². The predicted molar refractivity (Wildman–Crippen MR) is 198 cm³/mol. The maximum absolute atomic E-state index is 12.7. The van der Waals surface area contributed by atoms with Crippen LogP contribution in [0, 0.1) is 0 Å². The minimum atomic E-state index is -1.00. The molecule has 2 unspecified atom stereocenters. The number of hydrogen-bond donors (Lipinski definition) is 3. The number of nitrogens with one attached hydrogen (secondary N) is 1. The first-order valence-electron chi connectivity index (χ1n) is 20.4. The lowest BCUT2D eigenvalue weighted by Crippen LogP contribution is -2.40. The van der Waals surface area contributed by atoms with Crippen molar-refractivity contribution in [2.45, 2.75) is 231 Å². The van der Waals surface area contributed by atoms with Crippen LogP contribution in [0.2, 0.25) is 0 Å². The van der Waals surface area contributed by atoms with E-state index in [9.17, 15) is 19.5 Å². The second kappa shape index (κ2) is 35.7. The van der Waals surface area contributed by atoms with Crippen molar-refractivity contribution in [1.29, 1.82) is 0 Å². The second-order valence-corrected chi connectivity index (χ2v) is 14.1. The van der Waals surface area contributed by atoms with Crippen molar-refractivity contribution in [3.8, 4) is 0 Å². The van der Waals surface area contributed by atoms with Gasteiger partial charge in [0.15, 0.2) is 0 Å². The number of carboxylic acid groups (broad SMARTS) is 1. The number of ether oxygens (including phenoxy) is 1. The molecule has 2 atom stereocenters. The zero-order valence-corrected chi connectivity index (χ0v) is 31.1. The lowest BCUT2D eigenvalue weighted by Gasteiger charge is -2.18. The molecule has 0 aliphatic heterocycles. The summed E-state index contributed by atoms with van der Waals surface area (Å²) in [6.07, 6.45) is 35.8. The van der Waals surface area contributed by atoms with Gasteiger partial charge in [0, 0.05) is 12.8 Å². The van der Waals surface area contributed by atoms with E-state index < -0.39 is 12.0 Å². The fraction of sp³-hybridized carbons (Fsp3) is 0.925. The molecule has 0 aromatic heterocycles. The molecule has 0 saturated heterocycles. The number of aliphatic carboxylic acids is 1. The highest BCUT2D eigenvalue weighted by Gasteiger charge is 2.19. The van der Waals surface area contributed by atoms with Crippen LogP contribution in [0.25, 0.3) is 0 Å². The first kappa shape index (κ1) is 45.4. The van der Waals surface area contributed by atoms with Crippen LogP contribution in [0.15, 0.2) is 0 Å². The average Bonchev–Trinajstić information content (AvgIpc) is 3.05. The van der Waals surface area contributed by atoms with Crippen molar-refractivity contribution in [2.24, 2.45) is 5.73 Å². The zero-order chi connectivity index (χ0) is 34.6. The lowest BCUT2D eigenvalue weighted by atomic mass is 10.0. The summed E-state index contributed by atoms with van der Waals surface area (Å²) < 4.78 is 5.99. The molecule has 0 rings (SSSR count). The fourth-order valence-corrected chi connectivity index (χ4v) is 6.33. The third kappa shape index (κ3) is 32.7. The van der Waals surface area contributed by atoms with Gasteiger partial charge >= 0.3 is 11.9 Å². The summed E-state index contributed by atoms with van der Waals surface area (Å²) in [5.41, 5.74) is 5.47. The molecule has 7 heteroatoms. The van der Waals surface area contributed by atoms with Crippen LogP contribution < -0.4 is 11.1 Å². The van der Waals surface area contributed by atoms with E-state index in [1.165, 1.54) is 116 Å².